The molecule has 1 saturated carbocycles. The number of nitrogens with two attached hydrogens (primary N) is 2. The van der Waals surface area contributed by atoms with E-state index in [2.05, 4.69) is 25.7 Å². The average molecular weight is 305 g/mol. The third-order valence-corrected chi connectivity index (χ3v) is 4.84. The average Bonchev–Trinajstić information content (AvgIpc) is 3.03. The summed E-state index contributed by atoms with van der Waals surface area (Å²) < 4.78 is 5.73. The number of furan rings is 1. The lowest BCUT2D eigenvalue weighted by atomic mass is 9.90. The smallest absolute Gasteiger partial charge is 0.284 e. The third kappa shape index (κ3) is 3.06. The minimum Gasteiger partial charge on any atom is -0.455 e. The summed E-state index contributed by atoms with van der Waals surface area (Å²) in [6.45, 7) is 9.00. The number of hydrogen-bond acceptors (Lipinski definition) is 4. The van der Waals surface area contributed by atoms with Crippen molar-refractivity contribution < 1.29 is 9.21 Å². The minimum absolute atomic E-state index is 0.152. The van der Waals surface area contributed by atoms with Crippen molar-refractivity contribution in [3.63, 3.8) is 0 Å². The van der Waals surface area contributed by atoms with Gasteiger partial charge in [0.15, 0.2) is 5.76 Å². The maximum atomic E-state index is 11.4. The van der Waals surface area contributed by atoms with Crippen LogP contribution in [0, 0.1) is 11.8 Å². The Hall–Kier alpha value is -1.33. The van der Waals surface area contributed by atoms with Crippen LogP contribution in [0.2, 0.25) is 0 Å². The van der Waals surface area contributed by atoms with Gasteiger partial charge in [-0.25, -0.2) is 0 Å². The van der Waals surface area contributed by atoms with E-state index in [1.807, 2.05) is 0 Å². The van der Waals surface area contributed by atoms with E-state index in [9.17, 15) is 4.79 Å². The maximum absolute atomic E-state index is 11.4. The molecule has 122 valence electrons. The van der Waals surface area contributed by atoms with Gasteiger partial charge in [0, 0.05) is 36.7 Å². The summed E-state index contributed by atoms with van der Waals surface area (Å²) in [5.41, 5.74) is 12.6. The summed E-state index contributed by atoms with van der Waals surface area (Å²) in [6.07, 6.45) is 2.66. The molecule has 0 spiro atoms. The van der Waals surface area contributed by atoms with Crippen molar-refractivity contribution in [3.05, 3.63) is 23.2 Å². The van der Waals surface area contributed by atoms with Crippen LogP contribution >= 0.6 is 0 Å². The highest BCUT2D eigenvalue weighted by Crippen LogP contribution is 2.41. The van der Waals surface area contributed by atoms with Gasteiger partial charge in [0.1, 0.15) is 5.76 Å². The lowest BCUT2D eigenvalue weighted by Gasteiger charge is -2.20. The molecule has 3 rings (SSSR count). The number of primary amides is 1. The molecule has 1 saturated heterocycles. The molecule has 1 aliphatic heterocycles. The molecule has 4 N–H and O–H groups in total. The molecular weight excluding hydrogens is 278 g/mol. The predicted molar refractivity (Wildman–Crippen MR) is 85.4 cm³/mol. The van der Waals surface area contributed by atoms with Crippen LogP contribution < -0.4 is 11.5 Å². The SMILES string of the molecule is CC(C)(C)c1oc(C(N)=O)cc1CN1C[C@@H](N)[C@H](C2CC2)C1. The molecule has 1 aromatic rings. The quantitative estimate of drug-likeness (QED) is 0.889. The molecule has 5 nitrogen and oxygen atoms in total. The number of nitrogens with zero attached hydrogens (tertiary/aromatic N) is 1. The molecule has 0 aromatic carbocycles. The van der Waals surface area contributed by atoms with Gasteiger partial charge in [0.2, 0.25) is 0 Å². The second kappa shape index (κ2) is 5.39. The normalized spacial score (nSPS) is 26.5. The van der Waals surface area contributed by atoms with Crippen molar-refractivity contribution in [1.29, 1.82) is 0 Å². The van der Waals surface area contributed by atoms with Crippen molar-refractivity contribution in [1.82, 2.24) is 4.90 Å². The minimum atomic E-state index is -0.509. The number of amides is 1. The van der Waals surface area contributed by atoms with Gasteiger partial charge in [0.25, 0.3) is 5.91 Å². The predicted octanol–water partition coefficient (Wildman–Crippen LogP) is 1.85. The van der Waals surface area contributed by atoms with Gasteiger partial charge in [-0.1, -0.05) is 20.8 Å². The van der Waals surface area contributed by atoms with E-state index in [1.165, 1.54) is 12.8 Å². The molecule has 2 aliphatic rings. The molecule has 0 unspecified atom stereocenters. The molecule has 0 radical (unpaired) electrons. The van der Waals surface area contributed by atoms with Crippen LogP contribution in [0.5, 0.6) is 0 Å². The van der Waals surface area contributed by atoms with Crippen LogP contribution in [0.15, 0.2) is 10.5 Å². The van der Waals surface area contributed by atoms with Crippen LogP contribution in [-0.2, 0) is 12.0 Å². The van der Waals surface area contributed by atoms with E-state index in [0.717, 1.165) is 36.9 Å². The monoisotopic (exact) mass is 305 g/mol. The van der Waals surface area contributed by atoms with Crippen LogP contribution in [0.25, 0.3) is 0 Å². The van der Waals surface area contributed by atoms with Gasteiger partial charge in [-0.2, -0.15) is 0 Å². The first-order valence-corrected chi connectivity index (χ1v) is 8.16. The highest BCUT2D eigenvalue weighted by atomic mass is 16.4. The summed E-state index contributed by atoms with van der Waals surface area (Å²) in [5.74, 6) is 2.05. The standard InChI is InChI=1S/C17H27N3O2/c1-17(2,3)15-11(6-14(22-15)16(19)21)7-20-8-12(10-4-5-10)13(18)9-20/h6,10,12-13H,4-5,7-9,18H2,1-3H3,(H2,19,21)/t12-,13+/m0/s1. The number of carbonyl (C=O) groups is 1. The Morgan fingerprint density at radius 2 is 2.05 bits per heavy atom. The lowest BCUT2D eigenvalue weighted by Crippen LogP contribution is -2.30. The first-order chi connectivity index (χ1) is 10.3. The molecule has 5 heteroatoms. The fraction of sp³-hybridized carbons (Fsp3) is 0.706. The van der Waals surface area contributed by atoms with Crippen molar-refractivity contribution >= 4 is 5.91 Å². The highest BCUT2D eigenvalue weighted by molar-refractivity contribution is 5.90. The largest absolute Gasteiger partial charge is 0.455 e. The zero-order chi connectivity index (χ0) is 16.1. The Balaban J connectivity index is 1.78. The molecular formula is C17H27N3O2. The van der Waals surface area contributed by atoms with Crippen LogP contribution in [0.3, 0.4) is 0 Å². The Morgan fingerprint density at radius 1 is 1.36 bits per heavy atom. The van der Waals surface area contributed by atoms with Gasteiger partial charge in [-0.15, -0.1) is 0 Å². The second-order valence-corrected chi connectivity index (χ2v) is 7.94. The van der Waals surface area contributed by atoms with Crippen LogP contribution in [0.1, 0.15) is 55.5 Å². The van der Waals surface area contributed by atoms with Crippen molar-refractivity contribution in [2.24, 2.45) is 23.3 Å². The van der Waals surface area contributed by atoms with E-state index >= 15 is 0 Å². The fourth-order valence-corrected chi connectivity index (χ4v) is 3.64. The van der Waals surface area contributed by atoms with Crippen molar-refractivity contribution in [2.75, 3.05) is 13.1 Å². The summed E-state index contributed by atoms with van der Waals surface area (Å²) in [5, 5.41) is 0. The van der Waals surface area contributed by atoms with Gasteiger partial charge < -0.3 is 15.9 Å². The molecule has 1 aliphatic carbocycles. The maximum Gasteiger partial charge on any atom is 0.284 e. The van der Waals surface area contributed by atoms with Gasteiger partial charge in [-0.3, -0.25) is 9.69 Å². The first-order valence-electron chi connectivity index (χ1n) is 8.16. The van der Waals surface area contributed by atoms with Crippen molar-refractivity contribution in [3.8, 4) is 0 Å². The zero-order valence-corrected chi connectivity index (χ0v) is 13.8. The summed E-state index contributed by atoms with van der Waals surface area (Å²) in [7, 11) is 0. The van der Waals surface area contributed by atoms with E-state index in [0.29, 0.717) is 5.92 Å². The van der Waals surface area contributed by atoms with E-state index < -0.39 is 5.91 Å². The van der Waals surface area contributed by atoms with Gasteiger partial charge in [-0.05, 0) is 30.7 Å². The first kappa shape index (κ1) is 15.6. The van der Waals surface area contributed by atoms with E-state index in [1.54, 1.807) is 6.07 Å². The zero-order valence-electron chi connectivity index (χ0n) is 13.8. The topological polar surface area (TPSA) is 85.5 Å². The number of carbonyl (C=O) groups excluding carboxylic acids is 1. The molecule has 2 atom stereocenters. The molecule has 1 aromatic heterocycles. The number of likely N-dealkylation sites (tertiary alicyclic amines) is 1. The van der Waals surface area contributed by atoms with Crippen LogP contribution in [-0.4, -0.2) is 29.9 Å². The molecule has 2 fully saturated rings. The number of rotatable bonds is 4. The Labute approximate surface area is 132 Å². The summed E-state index contributed by atoms with van der Waals surface area (Å²) >= 11 is 0. The summed E-state index contributed by atoms with van der Waals surface area (Å²) in [4.78, 5) is 13.8. The van der Waals surface area contributed by atoms with Gasteiger partial charge >= 0.3 is 0 Å². The highest BCUT2D eigenvalue weighted by Gasteiger charge is 2.41. The molecule has 0 bridgehead atoms. The Morgan fingerprint density at radius 3 is 2.59 bits per heavy atom. The Bertz CT molecular complexity index is 569. The second-order valence-electron chi connectivity index (χ2n) is 7.94. The Kier molecular flexibility index (Phi) is 3.81. The van der Waals surface area contributed by atoms with E-state index in [4.69, 9.17) is 15.9 Å². The van der Waals surface area contributed by atoms with E-state index in [-0.39, 0.29) is 17.2 Å². The van der Waals surface area contributed by atoms with Gasteiger partial charge in [0.05, 0.1) is 0 Å². The third-order valence-electron chi connectivity index (χ3n) is 4.84. The van der Waals surface area contributed by atoms with Crippen LogP contribution in [0.4, 0.5) is 0 Å². The molecule has 22 heavy (non-hydrogen) atoms. The molecule has 2 heterocycles. The summed E-state index contributed by atoms with van der Waals surface area (Å²) in [6, 6.07) is 2.08. The van der Waals surface area contributed by atoms with Crippen molar-refractivity contribution in [2.45, 2.75) is 51.6 Å². The molecule has 1 amide bonds. The fourth-order valence-electron chi connectivity index (χ4n) is 3.64. The lowest BCUT2D eigenvalue weighted by molar-refractivity contribution is 0.0970. The number of hydrogen-bond donors (Lipinski definition) is 2.